The number of nitrogens with zero attached hydrogens (tertiary/aromatic N) is 4. The quantitative estimate of drug-likeness (QED) is 0.209. The molecule has 1 unspecified atom stereocenters. The Morgan fingerprint density at radius 3 is 2.32 bits per heavy atom. The van der Waals surface area contributed by atoms with Crippen LogP contribution in [0, 0.1) is 20.8 Å². The molecule has 8 rings (SSSR count). The van der Waals surface area contributed by atoms with Crippen LogP contribution in [0.4, 0.5) is 11.4 Å². The van der Waals surface area contributed by atoms with E-state index in [4.69, 9.17) is 4.98 Å². The Balaban J connectivity index is 1.28. The van der Waals surface area contributed by atoms with E-state index in [1.165, 1.54) is 20.8 Å². The lowest BCUT2D eigenvalue weighted by atomic mass is 9.96. The average Bonchev–Trinajstić information content (AvgIpc) is 3.70. The zero-order chi connectivity index (χ0) is 32.7. The molecule has 0 radical (unpaired) electrons. The zero-order valence-corrected chi connectivity index (χ0v) is 29.0. The van der Waals surface area contributed by atoms with Crippen molar-refractivity contribution >= 4 is 42.6 Å². The van der Waals surface area contributed by atoms with E-state index < -0.39 is 20.1 Å². The van der Waals surface area contributed by atoms with Gasteiger partial charge in [-0.25, -0.2) is 17.4 Å². The van der Waals surface area contributed by atoms with Crippen molar-refractivity contribution in [3.8, 4) is 22.3 Å². The van der Waals surface area contributed by atoms with Gasteiger partial charge in [-0.15, -0.1) is 0 Å². The number of likely N-dealkylation sites (N-methyl/N-ethyl adjacent to an activating group) is 1. The first-order valence-corrected chi connectivity index (χ1v) is 19.8. The van der Waals surface area contributed by atoms with Crippen LogP contribution in [0.15, 0.2) is 78.0 Å². The molecule has 2 fully saturated rings. The standard InChI is InChI=1S/C37H41N5O3S2/c1-24-7-10-30(11-8-24)47(44,45)42-23-33(27-9-12-34-32(20-27)35-6-5-17-46(35,43)39-34)31-21-29(22-38-37(31)42)28-18-25(2)36(26(3)19-28)41-15-13-40(4)14-16-41/h7-12,18-23,35,46H,5-6,13-17H2,1-4H3,(H,39,43). The summed E-state index contributed by atoms with van der Waals surface area (Å²) in [5.41, 5.74) is 10.8. The van der Waals surface area contributed by atoms with E-state index in [0.717, 1.165) is 89.2 Å². The highest BCUT2D eigenvalue weighted by Gasteiger charge is 2.40. The second-order valence-electron chi connectivity index (χ2n) is 13.6. The molecule has 3 aliphatic rings. The van der Waals surface area contributed by atoms with Crippen LogP contribution in [0.3, 0.4) is 0 Å². The number of pyridine rings is 1. The van der Waals surface area contributed by atoms with Gasteiger partial charge >= 0.3 is 0 Å². The normalized spacial score (nSPS) is 19.8. The summed E-state index contributed by atoms with van der Waals surface area (Å²) >= 11 is 0. The van der Waals surface area contributed by atoms with Crippen molar-refractivity contribution < 1.29 is 12.6 Å². The Morgan fingerprint density at radius 2 is 1.60 bits per heavy atom. The fourth-order valence-corrected chi connectivity index (χ4v) is 12.3. The number of aryl methyl sites for hydroxylation is 3. The van der Waals surface area contributed by atoms with Crippen LogP contribution in [0.25, 0.3) is 33.3 Å². The second kappa shape index (κ2) is 11.0. The fourth-order valence-electron chi connectivity index (χ4n) is 7.84. The van der Waals surface area contributed by atoms with Crippen molar-refractivity contribution in [1.29, 1.82) is 0 Å². The molecule has 8 nitrogen and oxygen atoms in total. The Labute approximate surface area is 278 Å². The molecule has 2 saturated heterocycles. The van der Waals surface area contributed by atoms with Gasteiger partial charge in [0, 0.05) is 72.2 Å². The van der Waals surface area contributed by atoms with Gasteiger partial charge in [0.05, 0.1) is 10.1 Å². The van der Waals surface area contributed by atoms with Crippen LogP contribution in [-0.2, 0) is 20.1 Å². The summed E-state index contributed by atoms with van der Waals surface area (Å²) in [5, 5.41) is 0.776. The number of benzene rings is 3. The molecule has 3 aromatic carbocycles. The third kappa shape index (κ3) is 5.00. The molecule has 0 saturated carbocycles. The summed E-state index contributed by atoms with van der Waals surface area (Å²) in [7, 11) is -4.24. The number of anilines is 2. The second-order valence-corrected chi connectivity index (χ2v) is 18.3. The lowest BCUT2D eigenvalue weighted by molar-refractivity contribution is 0.312. The molecular formula is C37H41N5O3S2. The molecular weight excluding hydrogens is 627 g/mol. The van der Waals surface area contributed by atoms with Gasteiger partial charge in [0.1, 0.15) is 0 Å². The molecule has 10 heteroatoms. The van der Waals surface area contributed by atoms with Crippen LogP contribution in [-0.4, -0.2) is 65.5 Å². The van der Waals surface area contributed by atoms with E-state index in [2.05, 4.69) is 59.7 Å². The molecule has 0 spiro atoms. The van der Waals surface area contributed by atoms with E-state index in [-0.39, 0.29) is 10.1 Å². The van der Waals surface area contributed by atoms with E-state index in [9.17, 15) is 12.6 Å². The van der Waals surface area contributed by atoms with Crippen molar-refractivity contribution in [2.75, 3.05) is 48.6 Å². The van der Waals surface area contributed by atoms with Gasteiger partial charge in [0.2, 0.25) is 0 Å². The number of hydrogen-bond acceptors (Lipinski definition) is 6. The van der Waals surface area contributed by atoms with Crippen molar-refractivity contribution in [3.05, 3.63) is 95.3 Å². The minimum absolute atomic E-state index is 0.0144. The van der Waals surface area contributed by atoms with Gasteiger partial charge in [0.15, 0.2) is 5.65 Å². The maximum atomic E-state index is 14.1. The number of thiol groups is 1. The molecule has 47 heavy (non-hydrogen) atoms. The summed E-state index contributed by atoms with van der Waals surface area (Å²) in [5.74, 6) is 0.718. The first-order chi connectivity index (χ1) is 22.5. The first-order valence-electron chi connectivity index (χ1n) is 16.4. The largest absolute Gasteiger partial charge is 0.369 e. The summed E-state index contributed by atoms with van der Waals surface area (Å²) in [6.07, 6.45) is 5.35. The van der Waals surface area contributed by atoms with E-state index in [1.807, 2.05) is 31.2 Å². The maximum Gasteiger partial charge on any atom is 0.269 e. The van der Waals surface area contributed by atoms with E-state index >= 15 is 0 Å². The number of rotatable bonds is 5. The predicted octanol–water partition coefficient (Wildman–Crippen LogP) is 6.48. The summed E-state index contributed by atoms with van der Waals surface area (Å²) in [4.78, 5) is 9.90. The number of piperazine rings is 1. The van der Waals surface area contributed by atoms with Gasteiger partial charge in [-0.1, -0.05) is 23.8 Å². The van der Waals surface area contributed by atoms with Crippen LogP contribution >= 0.6 is 0 Å². The van der Waals surface area contributed by atoms with Crippen LogP contribution < -0.4 is 9.62 Å². The van der Waals surface area contributed by atoms with Crippen LogP contribution in [0.1, 0.15) is 40.3 Å². The Hall–Kier alpha value is -3.99. The topological polar surface area (TPSA) is 87.5 Å². The molecule has 0 bridgehead atoms. The van der Waals surface area contributed by atoms with Crippen molar-refractivity contribution in [1.82, 2.24) is 13.9 Å². The fraction of sp³-hybridized carbons (Fsp3) is 0.324. The number of fused-ring (bicyclic) bond motifs is 4. The Morgan fingerprint density at radius 1 is 0.872 bits per heavy atom. The third-order valence-corrected chi connectivity index (χ3v) is 15.1. The summed E-state index contributed by atoms with van der Waals surface area (Å²) in [6.45, 7) is 10.4. The SMILES string of the molecule is Cc1ccc(S(=O)(=O)n2cc(-c3ccc4c(c3)C3CCC[SH]3(=O)N4)c3cc(-c4cc(C)c(N5CCN(C)CC5)c(C)c4)cnc32)cc1. The average molecular weight is 668 g/mol. The number of nitrogens with one attached hydrogen (secondary N) is 1. The predicted molar refractivity (Wildman–Crippen MR) is 194 cm³/mol. The molecule has 5 heterocycles. The maximum absolute atomic E-state index is 14.1. The minimum atomic E-state index is -3.93. The van der Waals surface area contributed by atoms with Gasteiger partial charge < -0.3 is 14.5 Å². The first kappa shape index (κ1) is 30.4. The summed E-state index contributed by atoms with van der Waals surface area (Å²) in [6, 6.07) is 19.6. The molecule has 0 amide bonds. The Bertz CT molecular complexity index is 2190. The highest BCUT2D eigenvalue weighted by atomic mass is 32.3. The lowest BCUT2D eigenvalue weighted by Crippen LogP contribution is -2.45. The molecule has 1 N–H and O–H groups in total. The molecule has 3 aliphatic heterocycles. The molecule has 1 atom stereocenters. The van der Waals surface area contributed by atoms with Crippen molar-refractivity contribution in [2.45, 2.75) is 43.8 Å². The van der Waals surface area contributed by atoms with Crippen molar-refractivity contribution in [3.63, 3.8) is 0 Å². The summed E-state index contributed by atoms with van der Waals surface area (Å²) < 4.78 is 46.5. The molecule has 0 aliphatic carbocycles. The lowest BCUT2D eigenvalue weighted by Gasteiger charge is -2.36. The highest BCUT2D eigenvalue weighted by Crippen LogP contribution is 2.50. The van der Waals surface area contributed by atoms with Crippen LogP contribution in [0.5, 0.6) is 0 Å². The van der Waals surface area contributed by atoms with Gasteiger partial charge in [0.25, 0.3) is 10.0 Å². The molecule has 244 valence electrons. The highest BCUT2D eigenvalue weighted by molar-refractivity contribution is 8.05. The smallest absolute Gasteiger partial charge is 0.269 e. The number of hydrogen-bond donors (Lipinski definition) is 2. The van der Waals surface area contributed by atoms with Gasteiger partial charge in [-0.2, -0.15) is 0 Å². The van der Waals surface area contributed by atoms with Crippen molar-refractivity contribution in [2.24, 2.45) is 0 Å². The van der Waals surface area contributed by atoms with Crippen LogP contribution in [0.2, 0.25) is 0 Å². The molecule has 5 aromatic rings. The third-order valence-electron chi connectivity index (χ3n) is 10.3. The van der Waals surface area contributed by atoms with E-state index in [1.54, 1.807) is 24.5 Å². The minimum Gasteiger partial charge on any atom is -0.369 e. The Kier molecular flexibility index (Phi) is 7.13. The molecule has 2 aromatic heterocycles. The number of aromatic nitrogens is 2. The zero-order valence-electron chi connectivity index (χ0n) is 27.3. The van der Waals surface area contributed by atoms with Gasteiger partial charge in [-0.05, 0) is 121 Å². The van der Waals surface area contributed by atoms with E-state index in [0.29, 0.717) is 5.65 Å². The van der Waals surface area contributed by atoms with Gasteiger partial charge in [-0.3, -0.25) is 4.21 Å². The monoisotopic (exact) mass is 667 g/mol.